The molecule has 0 radical (unpaired) electrons. The number of nitrogens with two attached hydrogens (primary N) is 1. The van der Waals surface area contributed by atoms with Gasteiger partial charge >= 0.3 is 0 Å². The molecule has 1 aliphatic heterocycles. The molecule has 6 heteroatoms. The Bertz CT molecular complexity index is 447. The van der Waals surface area contributed by atoms with Crippen LogP contribution in [0.25, 0.3) is 0 Å². The standard InChI is InChI=1S/C15H22N2O3S/c16-14(18)6-5-13(20-9-15-17-7-8-19-15)12-3-1-11(10-21)2-4-12/h1-4,13,15,17,21H,5-10H2,(H2,16,18). The lowest BCUT2D eigenvalue weighted by molar-refractivity contribution is -0.119. The fraction of sp³-hybridized carbons (Fsp3) is 0.533. The van der Waals surface area contributed by atoms with Gasteiger partial charge in [0.2, 0.25) is 5.91 Å². The van der Waals surface area contributed by atoms with Crippen molar-refractivity contribution in [1.82, 2.24) is 5.32 Å². The Morgan fingerprint density at radius 3 is 2.81 bits per heavy atom. The second-order valence-electron chi connectivity index (χ2n) is 5.04. The van der Waals surface area contributed by atoms with Gasteiger partial charge in [-0.15, -0.1) is 0 Å². The van der Waals surface area contributed by atoms with Crippen LogP contribution in [0, 0.1) is 0 Å². The third-order valence-corrected chi connectivity index (χ3v) is 3.79. The number of primary amides is 1. The highest BCUT2D eigenvalue weighted by Crippen LogP contribution is 2.24. The second-order valence-corrected chi connectivity index (χ2v) is 5.36. The summed E-state index contributed by atoms with van der Waals surface area (Å²) >= 11 is 4.25. The third kappa shape index (κ3) is 5.32. The summed E-state index contributed by atoms with van der Waals surface area (Å²) < 4.78 is 11.4. The van der Waals surface area contributed by atoms with Gasteiger partial charge in [-0.1, -0.05) is 24.3 Å². The summed E-state index contributed by atoms with van der Waals surface area (Å²) in [6, 6.07) is 8.07. The first-order chi connectivity index (χ1) is 10.2. The number of carbonyl (C=O) groups excluding carboxylic acids is 1. The number of rotatable bonds is 8. The summed E-state index contributed by atoms with van der Waals surface area (Å²) in [5, 5.41) is 3.20. The van der Waals surface area contributed by atoms with Crippen LogP contribution in [0.3, 0.4) is 0 Å². The number of benzene rings is 1. The van der Waals surface area contributed by atoms with Crippen LogP contribution in [0.4, 0.5) is 0 Å². The molecule has 1 fully saturated rings. The Morgan fingerprint density at radius 2 is 2.24 bits per heavy atom. The molecule has 116 valence electrons. The highest BCUT2D eigenvalue weighted by atomic mass is 32.1. The molecule has 21 heavy (non-hydrogen) atoms. The highest BCUT2D eigenvalue weighted by molar-refractivity contribution is 7.79. The summed E-state index contributed by atoms with van der Waals surface area (Å²) in [4.78, 5) is 11.0. The summed E-state index contributed by atoms with van der Waals surface area (Å²) in [5.41, 5.74) is 7.43. The molecule has 0 bridgehead atoms. The van der Waals surface area contributed by atoms with E-state index in [-0.39, 0.29) is 18.2 Å². The van der Waals surface area contributed by atoms with Gasteiger partial charge in [0.15, 0.2) is 0 Å². The van der Waals surface area contributed by atoms with E-state index in [2.05, 4.69) is 17.9 Å². The largest absolute Gasteiger partial charge is 0.370 e. The van der Waals surface area contributed by atoms with Crippen LogP contribution in [0.5, 0.6) is 0 Å². The van der Waals surface area contributed by atoms with Crippen LogP contribution in [0.1, 0.15) is 30.1 Å². The van der Waals surface area contributed by atoms with Crippen LogP contribution in [0.2, 0.25) is 0 Å². The van der Waals surface area contributed by atoms with Gasteiger partial charge in [0.25, 0.3) is 0 Å². The van der Waals surface area contributed by atoms with Crippen molar-refractivity contribution in [1.29, 1.82) is 0 Å². The first-order valence-corrected chi connectivity index (χ1v) is 7.77. The molecule has 0 spiro atoms. The molecule has 2 atom stereocenters. The summed E-state index contributed by atoms with van der Waals surface area (Å²) in [6.07, 6.45) is 0.649. The maximum atomic E-state index is 11.0. The van der Waals surface area contributed by atoms with Crippen molar-refractivity contribution < 1.29 is 14.3 Å². The van der Waals surface area contributed by atoms with Crippen LogP contribution in [-0.2, 0) is 20.0 Å². The van der Waals surface area contributed by atoms with Crippen molar-refractivity contribution >= 4 is 18.5 Å². The molecular formula is C15H22N2O3S. The SMILES string of the molecule is NC(=O)CCC(OCC1NCCO1)c1ccc(CS)cc1. The molecule has 3 N–H and O–H groups in total. The van der Waals surface area contributed by atoms with Gasteiger partial charge in [0, 0.05) is 18.7 Å². The molecule has 2 rings (SSSR count). The van der Waals surface area contributed by atoms with Crippen LogP contribution >= 0.6 is 12.6 Å². The predicted octanol–water partition coefficient (Wildman–Crippen LogP) is 1.39. The minimum atomic E-state index is -0.314. The zero-order chi connectivity index (χ0) is 15.1. The van der Waals surface area contributed by atoms with Crippen molar-refractivity contribution in [2.24, 2.45) is 5.73 Å². The van der Waals surface area contributed by atoms with Gasteiger partial charge < -0.3 is 15.2 Å². The Hall–Kier alpha value is -1.08. The van der Waals surface area contributed by atoms with E-state index in [9.17, 15) is 4.79 Å². The minimum Gasteiger partial charge on any atom is -0.370 e. The minimum absolute atomic E-state index is 0.0715. The molecule has 1 aromatic carbocycles. The molecule has 1 amide bonds. The molecule has 1 saturated heterocycles. The van der Waals surface area contributed by atoms with E-state index >= 15 is 0 Å². The zero-order valence-corrected chi connectivity index (χ0v) is 12.9. The van der Waals surface area contributed by atoms with E-state index in [4.69, 9.17) is 15.2 Å². The molecule has 1 aliphatic rings. The van der Waals surface area contributed by atoms with E-state index in [1.165, 1.54) is 0 Å². The van der Waals surface area contributed by atoms with E-state index in [0.717, 1.165) is 17.7 Å². The molecular weight excluding hydrogens is 288 g/mol. The van der Waals surface area contributed by atoms with Crippen molar-refractivity contribution in [3.63, 3.8) is 0 Å². The Morgan fingerprint density at radius 1 is 1.48 bits per heavy atom. The molecule has 0 aliphatic carbocycles. The van der Waals surface area contributed by atoms with E-state index < -0.39 is 0 Å². The maximum absolute atomic E-state index is 11.0. The number of amides is 1. The van der Waals surface area contributed by atoms with Gasteiger partial charge in [-0.3, -0.25) is 10.1 Å². The number of hydrogen-bond donors (Lipinski definition) is 3. The number of ether oxygens (including phenoxy) is 2. The van der Waals surface area contributed by atoms with Crippen molar-refractivity contribution in [2.45, 2.75) is 30.9 Å². The molecule has 1 heterocycles. The molecule has 2 unspecified atom stereocenters. The average Bonchev–Trinajstić information content (AvgIpc) is 3.01. The Balaban J connectivity index is 1.96. The maximum Gasteiger partial charge on any atom is 0.217 e. The van der Waals surface area contributed by atoms with Crippen LogP contribution < -0.4 is 11.1 Å². The zero-order valence-electron chi connectivity index (χ0n) is 12.0. The van der Waals surface area contributed by atoms with Crippen molar-refractivity contribution in [3.05, 3.63) is 35.4 Å². The fourth-order valence-electron chi connectivity index (χ4n) is 2.25. The number of thiol groups is 1. The van der Waals surface area contributed by atoms with Gasteiger partial charge in [-0.25, -0.2) is 0 Å². The Labute approximate surface area is 130 Å². The molecule has 1 aromatic rings. The number of hydrogen-bond acceptors (Lipinski definition) is 5. The molecule has 0 aromatic heterocycles. The normalized spacial score (nSPS) is 19.6. The number of nitrogens with one attached hydrogen (secondary N) is 1. The lowest BCUT2D eigenvalue weighted by atomic mass is 10.0. The van der Waals surface area contributed by atoms with Crippen LogP contribution in [-0.4, -0.2) is 31.9 Å². The molecule has 0 saturated carbocycles. The lowest BCUT2D eigenvalue weighted by Gasteiger charge is -2.20. The smallest absolute Gasteiger partial charge is 0.217 e. The van der Waals surface area contributed by atoms with E-state index in [1.54, 1.807) is 0 Å². The topological polar surface area (TPSA) is 73.6 Å². The molecule has 5 nitrogen and oxygen atoms in total. The summed E-state index contributed by atoms with van der Waals surface area (Å²) in [5.74, 6) is 0.387. The van der Waals surface area contributed by atoms with Crippen LogP contribution in [0.15, 0.2) is 24.3 Å². The summed E-state index contributed by atoms with van der Waals surface area (Å²) in [7, 11) is 0. The first-order valence-electron chi connectivity index (χ1n) is 7.13. The third-order valence-electron chi connectivity index (χ3n) is 3.43. The lowest BCUT2D eigenvalue weighted by Crippen LogP contribution is -2.29. The van der Waals surface area contributed by atoms with Crippen molar-refractivity contribution in [2.75, 3.05) is 19.8 Å². The van der Waals surface area contributed by atoms with E-state index in [0.29, 0.717) is 31.8 Å². The second kappa shape index (κ2) is 8.38. The van der Waals surface area contributed by atoms with Gasteiger partial charge in [-0.2, -0.15) is 12.6 Å². The van der Waals surface area contributed by atoms with E-state index in [1.807, 2.05) is 24.3 Å². The van der Waals surface area contributed by atoms with Crippen molar-refractivity contribution in [3.8, 4) is 0 Å². The quantitative estimate of drug-likeness (QED) is 0.634. The fourth-order valence-corrected chi connectivity index (χ4v) is 2.46. The Kier molecular flexibility index (Phi) is 6.50. The van der Waals surface area contributed by atoms with Gasteiger partial charge in [0.1, 0.15) is 6.23 Å². The highest BCUT2D eigenvalue weighted by Gasteiger charge is 2.19. The average molecular weight is 310 g/mol. The number of carbonyl (C=O) groups is 1. The predicted molar refractivity (Wildman–Crippen MR) is 84.0 cm³/mol. The summed E-state index contributed by atoms with van der Waals surface area (Å²) in [6.45, 7) is 2.00. The van der Waals surface area contributed by atoms with Gasteiger partial charge in [-0.05, 0) is 17.5 Å². The first kappa shape index (κ1) is 16.3. The van der Waals surface area contributed by atoms with Gasteiger partial charge in [0.05, 0.1) is 19.3 Å². The monoisotopic (exact) mass is 310 g/mol.